The Morgan fingerprint density at radius 3 is 2.92 bits per heavy atom. The van der Waals surface area contributed by atoms with Gasteiger partial charge in [-0.15, -0.1) is 0 Å². The summed E-state index contributed by atoms with van der Waals surface area (Å²) in [5.74, 6) is -0.194. The topological polar surface area (TPSA) is 79.6 Å². The van der Waals surface area contributed by atoms with Crippen LogP contribution in [-0.4, -0.2) is 31.3 Å². The number of fused-ring (bicyclic) bond motifs is 1. The van der Waals surface area contributed by atoms with Crippen molar-refractivity contribution in [3.63, 3.8) is 0 Å². The first kappa shape index (κ1) is 16.6. The first-order valence-electron chi connectivity index (χ1n) is 8.49. The monoisotopic (exact) mass is 356 g/mol. The van der Waals surface area contributed by atoms with E-state index in [9.17, 15) is 14.0 Å². The first-order chi connectivity index (χ1) is 12.5. The Morgan fingerprint density at radius 2 is 2.31 bits per heavy atom. The van der Waals surface area contributed by atoms with Crippen molar-refractivity contribution in [3.05, 3.63) is 35.7 Å². The number of ether oxygens (including phenoxy) is 2. The van der Waals surface area contributed by atoms with Crippen LogP contribution in [0.1, 0.15) is 18.9 Å². The van der Waals surface area contributed by atoms with Gasteiger partial charge in [0.05, 0.1) is 24.2 Å². The van der Waals surface area contributed by atoms with E-state index in [2.05, 4.69) is 6.07 Å². The van der Waals surface area contributed by atoms with Crippen molar-refractivity contribution in [2.24, 2.45) is 17.8 Å². The van der Waals surface area contributed by atoms with E-state index in [1.54, 1.807) is 12.1 Å². The van der Waals surface area contributed by atoms with E-state index in [1.807, 2.05) is 6.08 Å². The zero-order valence-corrected chi connectivity index (χ0v) is 14.1. The van der Waals surface area contributed by atoms with Gasteiger partial charge in [-0.3, -0.25) is 9.69 Å². The van der Waals surface area contributed by atoms with Crippen LogP contribution in [0.3, 0.4) is 0 Å². The maximum absolute atomic E-state index is 14.6. The fourth-order valence-electron chi connectivity index (χ4n) is 3.79. The van der Waals surface area contributed by atoms with Crippen molar-refractivity contribution in [2.45, 2.75) is 19.4 Å². The molecular weight excluding hydrogens is 339 g/mol. The summed E-state index contributed by atoms with van der Waals surface area (Å²) in [7, 11) is 0. The molecule has 0 aromatic heterocycles. The van der Waals surface area contributed by atoms with Crippen LogP contribution in [0.15, 0.2) is 24.3 Å². The molecule has 0 unspecified atom stereocenters. The Labute approximate surface area is 149 Å². The molecule has 1 saturated carbocycles. The molecule has 1 heterocycles. The van der Waals surface area contributed by atoms with Crippen LogP contribution in [0.2, 0.25) is 0 Å². The lowest BCUT2D eigenvalue weighted by Gasteiger charge is -2.15. The smallest absolute Gasteiger partial charge is 0.414 e. The lowest BCUT2D eigenvalue weighted by atomic mass is 10.00. The fourth-order valence-corrected chi connectivity index (χ4v) is 3.79. The normalized spacial score (nSPS) is 28.9. The number of hydrogen-bond acceptors (Lipinski definition) is 5. The Bertz CT molecular complexity index is 860. The van der Waals surface area contributed by atoms with E-state index in [-0.39, 0.29) is 25.0 Å². The minimum absolute atomic E-state index is 0.0200. The van der Waals surface area contributed by atoms with E-state index >= 15 is 0 Å². The molecule has 1 aromatic carbocycles. The highest BCUT2D eigenvalue weighted by molar-refractivity contribution is 5.90. The number of nitriles is 1. The van der Waals surface area contributed by atoms with Gasteiger partial charge in [-0.1, -0.05) is 6.08 Å². The number of rotatable bonds is 4. The first-order valence-corrected chi connectivity index (χ1v) is 8.49. The number of amides is 1. The van der Waals surface area contributed by atoms with Crippen LogP contribution in [0.4, 0.5) is 14.9 Å². The molecule has 134 valence electrons. The van der Waals surface area contributed by atoms with Gasteiger partial charge in [0.1, 0.15) is 12.4 Å². The maximum atomic E-state index is 14.6. The third-order valence-corrected chi connectivity index (χ3v) is 5.18. The summed E-state index contributed by atoms with van der Waals surface area (Å²) in [5.41, 5.74) is 1.84. The number of nitrogens with zero attached hydrogens (tertiary/aromatic N) is 2. The molecule has 4 rings (SSSR count). The molecular formula is C19H17FN2O4. The van der Waals surface area contributed by atoms with Gasteiger partial charge >= 0.3 is 12.1 Å². The molecule has 0 radical (unpaired) electrons. The zero-order valence-electron chi connectivity index (χ0n) is 14.1. The molecule has 1 aliphatic heterocycles. The van der Waals surface area contributed by atoms with Gasteiger partial charge in [0, 0.05) is 12.5 Å². The number of carbonyl (C=O) groups is 2. The summed E-state index contributed by atoms with van der Waals surface area (Å²) in [6.45, 7) is 1.46. The summed E-state index contributed by atoms with van der Waals surface area (Å²) < 4.78 is 24.6. The number of anilines is 1. The molecule has 7 heteroatoms. The maximum Gasteiger partial charge on any atom is 0.414 e. The quantitative estimate of drug-likeness (QED) is 0.775. The van der Waals surface area contributed by atoms with Crippen LogP contribution in [0, 0.1) is 34.9 Å². The second-order valence-corrected chi connectivity index (χ2v) is 6.88. The molecule has 1 saturated heterocycles. The van der Waals surface area contributed by atoms with Crippen molar-refractivity contribution in [1.82, 2.24) is 0 Å². The molecule has 0 N–H and O–H groups in total. The van der Waals surface area contributed by atoms with Gasteiger partial charge in [0.15, 0.2) is 6.10 Å². The molecule has 4 atom stereocenters. The van der Waals surface area contributed by atoms with Gasteiger partial charge in [0.2, 0.25) is 0 Å². The zero-order chi connectivity index (χ0) is 18.4. The van der Waals surface area contributed by atoms with Crippen molar-refractivity contribution in [1.29, 1.82) is 5.26 Å². The molecule has 6 nitrogen and oxygen atoms in total. The Morgan fingerprint density at radius 1 is 1.50 bits per heavy atom. The summed E-state index contributed by atoms with van der Waals surface area (Å²) in [4.78, 5) is 24.2. The molecule has 2 aliphatic carbocycles. The summed E-state index contributed by atoms with van der Waals surface area (Å²) in [5, 5.41) is 8.97. The van der Waals surface area contributed by atoms with E-state index in [4.69, 9.17) is 14.7 Å². The average molecular weight is 356 g/mol. The second-order valence-electron chi connectivity index (χ2n) is 6.88. The van der Waals surface area contributed by atoms with Gasteiger partial charge in [-0.25, -0.2) is 9.18 Å². The second kappa shape index (κ2) is 6.13. The van der Waals surface area contributed by atoms with E-state index in [1.165, 1.54) is 17.9 Å². The Kier molecular flexibility index (Phi) is 3.91. The molecule has 0 bridgehead atoms. The SMILES string of the molecule is CC(=O)OC[C@H]1CN(c2ccc(C3=C[C@H]4[C@H](C#N)[C@H]4C3)c(F)c2)C(=O)O1. The largest absolute Gasteiger partial charge is 0.462 e. The van der Waals surface area contributed by atoms with Crippen molar-refractivity contribution in [3.8, 4) is 6.07 Å². The van der Waals surface area contributed by atoms with Crippen LogP contribution >= 0.6 is 0 Å². The number of benzene rings is 1. The third kappa shape index (κ3) is 2.81. The number of allylic oxidation sites excluding steroid dienone is 2. The molecule has 2 fully saturated rings. The Balaban J connectivity index is 1.47. The summed E-state index contributed by atoms with van der Waals surface area (Å²) >= 11 is 0. The van der Waals surface area contributed by atoms with Crippen LogP contribution in [0.5, 0.6) is 0 Å². The van der Waals surface area contributed by atoms with Crippen molar-refractivity contribution in [2.75, 3.05) is 18.1 Å². The van der Waals surface area contributed by atoms with Crippen LogP contribution in [0.25, 0.3) is 5.57 Å². The van der Waals surface area contributed by atoms with Crippen molar-refractivity contribution >= 4 is 23.3 Å². The fraction of sp³-hybridized carbons (Fsp3) is 0.421. The van der Waals surface area contributed by atoms with Crippen molar-refractivity contribution < 1.29 is 23.5 Å². The number of carbonyl (C=O) groups excluding carboxylic acids is 2. The van der Waals surface area contributed by atoms with Gasteiger partial charge in [0.25, 0.3) is 0 Å². The molecule has 1 amide bonds. The highest BCUT2D eigenvalue weighted by atomic mass is 19.1. The summed E-state index contributed by atoms with van der Waals surface area (Å²) in [6.07, 6.45) is 1.56. The molecule has 26 heavy (non-hydrogen) atoms. The molecule has 0 spiro atoms. The number of hydrogen-bond donors (Lipinski definition) is 0. The lowest BCUT2D eigenvalue weighted by Crippen LogP contribution is -2.26. The predicted octanol–water partition coefficient (Wildman–Crippen LogP) is 2.89. The highest BCUT2D eigenvalue weighted by Crippen LogP contribution is 2.57. The van der Waals surface area contributed by atoms with E-state index in [0.29, 0.717) is 17.2 Å². The van der Waals surface area contributed by atoms with E-state index in [0.717, 1.165) is 12.0 Å². The standard InChI is InChI=1S/C19H17FN2O4/c1-10(23)25-9-13-8-22(19(24)26-13)12-2-3-14(18(20)6-12)11-4-15-16(5-11)17(15)7-21/h2-4,6,13,15-17H,5,8-9H2,1H3/t13-,15-,16+,17+/m1/s1. The minimum atomic E-state index is -0.590. The Hall–Kier alpha value is -2.88. The summed E-state index contributed by atoms with van der Waals surface area (Å²) in [6, 6.07) is 6.93. The average Bonchev–Trinajstić information content (AvgIpc) is 2.93. The third-order valence-electron chi connectivity index (χ3n) is 5.18. The van der Waals surface area contributed by atoms with Crippen LogP contribution < -0.4 is 4.90 Å². The number of halogens is 1. The lowest BCUT2D eigenvalue weighted by molar-refractivity contribution is -0.143. The molecule has 1 aromatic rings. The predicted molar refractivity (Wildman–Crippen MR) is 89.3 cm³/mol. The van der Waals surface area contributed by atoms with Gasteiger partial charge < -0.3 is 9.47 Å². The molecule has 3 aliphatic rings. The van der Waals surface area contributed by atoms with Crippen LogP contribution in [-0.2, 0) is 14.3 Å². The number of cyclic esters (lactones) is 1. The van der Waals surface area contributed by atoms with Gasteiger partial charge in [-0.05, 0) is 42.0 Å². The van der Waals surface area contributed by atoms with E-state index < -0.39 is 24.0 Å². The van der Waals surface area contributed by atoms with Gasteiger partial charge in [-0.2, -0.15) is 5.26 Å². The number of esters is 1. The minimum Gasteiger partial charge on any atom is -0.462 e. The highest BCUT2D eigenvalue weighted by Gasteiger charge is 2.53.